The Kier molecular flexibility index (Phi) is 5.11. The molecule has 0 saturated carbocycles. The van der Waals surface area contributed by atoms with E-state index in [1.165, 1.54) is 0 Å². The maximum Gasteiger partial charge on any atom is 0.251 e. The molecule has 0 atom stereocenters. The van der Waals surface area contributed by atoms with Gasteiger partial charge in [-0.15, -0.1) is 0 Å². The Bertz CT molecular complexity index is 366. The molecule has 5 heteroatoms. The summed E-state index contributed by atoms with van der Waals surface area (Å²) < 4.78 is 0.889. The quantitative estimate of drug-likeness (QED) is 0.768. The second-order valence-corrected chi connectivity index (χ2v) is 4.83. The van der Waals surface area contributed by atoms with E-state index in [0.717, 1.165) is 4.47 Å². The van der Waals surface area contributed by atoms with Gasteiger partial charge in [0.15, 0.2) is 0 Å². The monoisotopic (exact) mass is 301 g/mol. The van der Waals surface area contributed by atoms with Crippen LogP contribution in [0, 0.1) is 0 Å². The number of benzene rings is 1. The van der Waals surface area contributed by atoms with Crippen LogP contribution in [0.25, 0.3) is 0 Å². The van der Waals surface area contributed by atoms with Crippen LogP contribution in [0.5, 0.6) is 0 Å². The summed E-state index contributed by atoms with van der Waals surface area (Å²) in [5.41, 5.74) is -0.461. The molecule has 0 spiro atoms. The summed E-state index contributed by atoms with van der Waals surface area (Å²) in [6, 6.07) is 6.88. The lowest BCUT2D eigenvalue weighted by molar-refractivity contribution is 0.0653. The van der Waals surface area contributed by atoms with Gasteiger partial charge in [0, 0.05) is 10.0 Å². The second kappa shape index (κ2) is 6.14. The molecular weight excluding hydrogens is 286 g/mol. The van der Waals surface area contributed by atoms with Crippen molar-refractivity contribution in [2.45, 2.75) is 18.9 Å². The molecule has 1 amide bonds. The summed E-state index contributed by atoms with van der Waals surface area (Å²) in [6.07, 6.45) is 0.461. The van der Waals surface area contributed by atoms with Gasteiger partial charge in [-0.1, -0.05) is 22.9 Å². The number of halogens is 1. The van der Waals surface area contributed by atoms with Gasteiger partial charge in [-0.25, -0.2) is 0 Å². The Morgan fingerprint density at radius 3 is 2.24 bits per heavy atom. The van der Waals surface area contributed by atoms with Crippen LogP contribution < -0.4 is 5.32 Å². The zero-order valence-electron chi connectivity index (χ0n) is 9.61. The minimum Gasteiger partial charge on any atom is -0.394 e. The molecule has 0 aliphatic rings. The standard InChI is InChI=1S/C12H16BrNO3/c1-2-12(7-15,8-16)14-11(17)9-3-5-10(13)6-4-9/h3-6,15-16H,2,7-8H2,1H3,(H,14,17). The van der Waals surface area contributed by atoms with Gasteiger partial charge in [-0.3, -0.25) is 4.79 Å². The summed E-state index contributed by atoms with van der Waals surface area (Å²) in [7, 11) is 0. The first-order valence-electron chi connectivity index (χ1n) is 5.36. The fourth-order valence-corrected chi connectivity index (χ4v) is 1.62. The van der Waals surface area contributed by atoms with Gasteiger partial charge < -0.3 is 15.5 Å². The lowest BCUT2D eigenvalue weighted by Gasteiger charge is -2.29. The van der Waals surface area contributed by atoms with Gasteiger partial charge in [0.25, 0.3) is 5.91 Å². The highest BCUT2D eigenvalue weighted by Crippen LogP contribution is 2.13. The maximum absolute atomic E-state index is 11.9. The molecule has 0 fully saturated rings. The summed E-state index contributed by atoms with van der Waals surface area (Å²) >= 11 is 3.29. The first-order valence-corrected chi connectivity index (χ1v) is 6.16. The molecule has 94 valence electrons. The molecule has 4 nitrogen and oxygen atoms in total. The van der Waals surface area contributed by atoms with Crippen LogP contribution in [0.2, 0.25) is 0 Å². The third-order valence-electron chi connectivity index (χ3n) is 2.77. The van der Waals surface area contributed by atoms with E-state index < -0.39 is 5.54 Å². The number of rotatable bonds is 5. The number of carbonyl (C=O) groups excluding carboxylic acids is 1. The number of nitrogens with one attached hydrogen (secondary N) is 1. The fourth-order valence-electron chi connectivity index (χ4n) is 1.36. The summed E-state index contributed by atoms with van der Waals surface area (Å²) in [6.45, 7) is 1.22. The van der Waals surface area contributed by atoms with E-state index in [9.17, 15) is 15.0 Å². The van der Waals surface area contributed by atoms with Crippen molar-refractivity contribution in [2.24, 2.45) is 0 Å². The average molecular weight is 302 g/mol. The number of aliphatic hydroxyl groups excluding tert-OH is 2. The molecule has 1 aromatic rings. The van der Waals surface area contributed by atoms with E-state index >= 15 is 0 Å². The predicted octanol–water partition coefficient (Wildman–Crippen LogP) is 1.31. The molecule has 17 heavy (non-hydrogen) atoms. The minimum absolute atomic E-state index is 0.289. The lowest BCUT2D eigenvalue weighted by atomic mass is 9.98. The highest BCUT2D eigenvalue weighted by Gasteiger charge is 2.28. The first-order chi connectivity index (χ1) is 8.06. The van der Waals surface area contributed by atoms with Crippen LogP contribution in [0.15, 0.2) is 28.7 Å². The number of amides is 1. The molecule has 0 saturated heterocycles. The Labute approximate surface area is 109 Å². The van der Waals surface area contributed by atoms with Crippen molar-refractivity contribution in [3.05, 3.63) is 34.3 Å². The molecule has 0 aromatic heterocycles. The lowest BCUT2D eigenvalue weighted by Crippen LogP contribution is -2.53. The van der Waals surface area contributed by atoms with Crippen molar-refractivity contribution in [1.29, 1.82) is 0 Å². The van der Waals surface area contributed by atoms with Gasteiger partial charge in [-0.05, 0) is 30.7 Å². The van der Waals surface area contributed by atoms with E-state index in [2.05, 4.69) is 21.2 Å². The van der Waals surface area contributed by atoms with Crippen LogP contribution in [0.3, 0.4) is 0 Å². The summed E-state index contributed by atoms with van der Waals surface area (Å²) in [4.78, 5) is 11.9. The van der Waals surface area contributed by atoms with Gasteiger partial charge in [0.05, 0.1) is 18.8 Å². The van der Waals surface area contributed by atoms with Gasteiger partial charge in [0.2, 0.25) is 0 Å². The van der Waals surface area contributed by atoms with E-state index in [0.29, 0.717) is 12.0 Å². The van der Waals surface area contributed by atoms with Crippen LogP contribution in [0.1, 0.15) is 23.7 Å². The van der Waals surface area contributed by atoms with Crippen molar-refractivity contribution in [2.75, 3.05) is 13.2 Å². The summed E-state index contributed by atoms with van der Waals surface area (Å²) in [5, 5.41) is 21.1. The van der Waals surface area contributed by atoms with E-state index in [4.69, 9.17) is 0 Å². The van der Waals surface area contributed by atoms with Crippen LogP contribution >= 0.6 is 15.9 Å². The van der Waals surface area contributed by atoms with Crippen LogP contribution in [0.4, 0.5) is 0 Å². The molecular formula is C12H16BrNO3. The van der Waals surface area contributed by atoms with Gasteiger partial charge in [0.1, 0.15) is 0 Å². The molecule has 1 rings (SSSR count). The van der Waals surface area contributed by atoms with E-state index in [1.807, 2.05) is 0 Å². The van der Waals surface area contributed by atoms with Crippen molar-refractivity contribution < 1.29 is 15.0 Å². The van der Waals surface area contributed by atoms with Crippen molar-refractivity contribution in [1.82, 2.24) is 5.32 Å². The molecule has 0 bridgehead atoms. The van der Waals surface area contributed by atoms with E-state index in [-0.39, 0.29) is 19.1 Å². The second-order valence-electron chi connectivity index (χ2n) is 3.91. The van der Waals surface area contributed by atoms with Gasteiger partial charge >= 0.3 is 0 Å². The van der Waals surface area contributed by atoms with Crippen molar-refractivity contribution in [3.63, 3.8) is 0 Å². The number of aliphatic hydroxyl groups is 2. The highest BCUT2D eigenvalue weighted by atomic mass is 79.9. The smallest absolute Gasteiger partial charge is 0.251 e. The Hall–Kier alpha value is -0.910. The van der Waals surface area contributed by atoms with Gasteiger partial charge in [-0.2, -0.15) is 0 Å². The normalized spacial score (nSPS) is 11.3. The Balaban J connectivity index is 2.81. The average Bonchev–Trinajstić information content (AvgIpc) is 2.37. The number of carbonyl (C=O) groups is 1. The zero-order chi connectivity index (χ0) is 12.9. The topological polar surface area (TPSA) is 69.6 Å². The van der Waals surface area contributed by atoms with Crippen molar-refractivity contribution >= 4 is 21.8 Å². The first kappa shape index (κ1) is 14.2. The number of hydrogen-bond acceptors (Lipinski definition) is 3. The molecule has 0 aliphatic heterocycles. The Morgan fingerprint density at radius 1 is 1.29 bits per heavy atom. The molecule has 0 unspecified atom stereocenters. The highest BCUT2D eigenvalue weighted by molar-refractivity contribution is 9.10. The Morgan fingerprint density at radius 2 is 1.82 bits per heavy atom. The third-order valence-corrected chi connectivity index (χ3v) is 3.30. The van der Waals surface area contributed by atoms with Crippen LogP contribution in [-0.4, -0.2) is 34.9 Å². The van der Waals surface area contributed by atoms with E-state index in [1.54, 1.807) is 31.2 Å². The molecule has 0 heterocycles. The largest absolute Gasteiger partial charge is 0.394 e. The molecule has 0 radical (unpaired) electrons. The molecule has 3 N–H and O–H groups in total. The summed E-state index contributed by atoms with van der Waals surface area (Å²) in [5.74, 6) is -0.303. The fraction of sp³-hybridized carbons (Fsp3) is 0.417. The third kappa shape index (κ3) is 3.52. The SMILES string of the molecule is CCC(CO)(CO)NC(=O)c1ccc(Br)cc1. The zero-order valence-corrected chi connectivity index (χ0v) is 11.2. The molecule has 0 aliphatic carbocycles. The predicted molar refractivity (Wildman–Crippen MR) is 68.8 cm³/mol. The minimum atomic E-state index is -0.954. The van der Waals surface area contributed by atoms with Crippen molar-refractivity contribution in [3.8, 4) is 0 Å². The molecule has 1 aromatic carbocycles. The number of hydrogen-bond donors (Lipinski definition) is 3. The van der Waals surface area contributed by atoms with Crippen LogP contribution in [-0.2, 0) is 0 Å². The maximum atomic E-state index is 11.9.